The number of para-hydroxylation sites is 2. The Kier molecular flexibility index (Phi) is 4.48. The average Bonchev–Trinajstić information content (AvgIpc) is 3.12. The van der Waals surface area contributed by atoms with Gasteiger partial charge in [0.15, 0.2) is 0 Å². The standard InChI is InChI=1S/C18H17N3OS/c1-13(17-8-5-11-23-17)21(2)18(22)10-9-14-12-19-15-6-3-4-7-16(15)20-14/h3-13H,1-2H3. The summed E-state index contributed by atoms with van der Waals surface area (Å²) in [5.41, 5.74) is 2.34. The maximum atomic E-state index is 12.3. The van der Waals surface area contributed by atoms with Gasteiger partial charge in [0.25, 0.3) is 0 Å². The molecule has 1 amide bonds. The molecule has 0 aliphatic rings. The largest absolute Gasteiger partial charge is 0.335 e. The molecule has 1 aromatic carbocycles. The van der Waals surface area contributed by atoms with E-state index in [0.717, 1.165) is 11.0 Å². The zero-order valence-corrected chi connectivity index (χ0v) is 13.8. The maximum Gasteiger partial charge on any atom is 0.246 e. The summed E-state index contributed by atoms with van der Waals surface area (Å²) < 4.78 is 0. The SMILES string of the molecule is CC(c1cccs1)N(C)C(=O)C=Cc1cnc2ccccc2n1. The number of carbonyl (C=O) groups is 1. The van der Waals surface area contributed by atoms with Crippen LogP contribution in [0.4, 0.5) is 0 Å². The lowest BCUT2D eigenvalue weighted by Crippen LogP contribution is -2.27. The van der Waals surface area contributed by atoms with Crippen LogP contribution in [0.15, 0.2) is 54.1 Å². The highest BCUT2D eigenvalue weighted by molar-refractivity contribution is 7.10. The Labute approximate surface area is 139 Å². The Morgan fingerprint density at radius 2 is 2.00 bits per heavy atom. The van der Waals surface area contributed by atoms with Crippen LogP contribution in [-0.2, 0) is 4.79 Å². The fourth-order valence-electron chi connectivity index (χ4n) is 2.24. The van der Waals surface area contributed by atoms with Crippen molar-refractivity contribution < 1.29 is 4.79 Å². The van der Waals surface area contributed by atoms with Gasteiger partial charge in [-0.25, -0.2) is 4.98 Å². The van der Waals surface area contributed by atoms with Crippen molar-refractivity contribution in [3.8, 4) is 0 Å². The normalized spacial score (nSPS) is 12.6. The van der Waals surface area contributed by atoms with Crippen LogP contribution in [0.1, 0.15) is 23.5 Å². The number of fused-ring (bicyclic) bond motifs is 1. The summed E-state index contributed by atoms with van der Waals surface area (Å²) >= 11 is 1.65. The molecule has 5 heteroatoms. The molecule has 0 fully saturated rings. The lowest BCUT2D eigenvalue weighted by Gasteiger charge is -2.22. The highest BCUT2D eigenvalue weighted by Gasteiger charge is 2.15. The first-order valence-electron chi connectivity index (χ1n) is 7.35. The van der Waals surface area contributed by atoms with Crippen LogP contribution in [0, 0.1) is 0 Å². The van der Waals surface area contributed by atoms with Crippen LogP contribution in [0.2, 0.25) is 0 Å². The van der Waals surface area contributed by atoms with E-state index in [1.807, 2.05) is 55.7 Å². The van der Waals surface area contributed by atoms with Crippen molar-refractivity contribution >= 4 is 34.4 Å². The first-order valence-corrected chi connectivity index (χ1v) is 8.23. The molecule has 3 rings (SSSR count). The number of likely N-dealkylation sites (N-methyl/N-ethyl adjacent to an activating group) is 1. The lowest BCUT2D eigenvalue weighted by molar-refractivity contribution is -0.126. The number of aromatic nitrogens is 2. The Hall–Kier alpha value is -2.53. The molecule has 1 atom stereocenters. The third-order valence-electron chi connectivity index (χ3n) is 3.75. The van der Waals surface area contributed by atoms with Gasteiger partial charge in [0, 0.05) is 18.0 Å². The maximum absolute atomic E-state index is 12.3. The minimum absolute atomic E-state index is 0.0508. The second-order valence-electron chi connectivity index (χ2n) is 5.26. The fraction of sp³-hybridized carbons (Fsp3) is 0.167. The Bertz CT molecular complexity index is 842. The number of hydrogen-bond donors (Lipinski definition) is 0. The molecule has 4 nitrogen and oxygen atoms in total. The summed E-state index contributed by atoms with van der Waals surface area (Å²) in [5.74, 6) is -0.0548. The Morgan fingerprint density at radius 1 is 1.22 bits per heavy atom. The Morgan fingerprint density at radius 3 is 2.74 bits per heavy atom. The summed E-state index contributed by atoms with van der Waals surface area (Å²) in [4.78, 5) is 24.0. The van der Waals surface area contributed by atoms with Gasteiger partial charge in [0.1, 0.15) is 0 Å². The van der Waals surface area contributed by atoms with Gasteiger partial charge in [-0.2, -0.15) is 0 Å². The second kappa shape index (κ2) is 6.71. The van der Waals surface area contributed by atoms with Crippen LogP contribution in [0.3, 0.4) is 0 Å². The van der Waals surface area contributed by atoms with Crippen molar-refractivity contribution in [3.63, 3.8) is 0 Å². The van der Waals surface area contributed by atoms with E-state index in [1.165, 1.54) is 4.88 Å². The molecule has 23 heavy (non-hydrogen) atoms. The van der Waals surface area contributed by atoms with Crippen molar-refractivity contribution in [2.75, 3.05) is 7.05 Å². The number of rotatable bonds is 4. The third kappa shape index (κ3) is 3.46. The monoisotopic (exact) mass is 323 g/mol. The van der Waals surface area contributed by atoms with Crippen LogP contribution >= 0.6 is 11.3 Å². The van der Waals surface area contributed by atoms with Gasteiger partial charge in [-0.15, -0.1) is 11.3 Å². The minimum Gasteiger partial charge on any atom is -0.335 e. The van der Waals surface area contributed by atoms with Gasteiger partial charge in [-0.3, -0.25) is 9.78 Å². The quantitative estimate of drug-likeness (QED) is 0.684. The van der Waals surface area contributed by atoms with Gasteiger partial charge in [0.05, 0.1) is 29.0 Å². The number of amides is 1. The highest BCUT2D eigenvalue weighted by atomic mass is 32.1. The minimum atomic E-state index is -0.0548. The van der Waals surface area contributed by atoms with Gasteiger partial charge in [-0.1, -0.05) is 18.2 Å². The molecule has 0 aliphatic heterocycles. The number of carbonyl (C=O) groups excluding carboxylic acids is 1. The summed E-state index contributed by atoms with van der Waals surface area (Å²) in [6, 6.07) is 11.8. The van der Waals surface area contributed by atoms with Crippen LogP contribution in [0.5, 0.6) is 0 Å². The Balaban J connectivity index is 1.74. The molecule has 0 radical (unpaired) electrons. The molecule has 0 spiro atoms. The summed E-state index contributed by atoms with van der Waals surface area (Å²) in [7, 11) is 1.81. The molecule has 2 aromatic heterocycles. The third-order valence-corrected chi connectivity index (χ3v) is 4.79. The van der Waals surface area contributed by atoms with E-state index in [9.17, 15) is 4.79 Å². The van der Waals surface area contributed by atoms with E-state index >= 15 is 0 Å². The number of benzene rings is 1. The summed E-state index contributed by atoms with van der Waals surface area (Å²) in [5, 5.41) is 2.02. The topological polar surface area (TPSA) is 46.1 Å². The van der Waals surface area contributed by atoms with Gasteiger partial charge in [0.2, 0.25) is 5.91 Å². The predicted molar refractivity (Wildman–Crippen MR) is 94.1 cm³/mol. The van der Waals surface area contributed by atoms with Crippen molar-refractivity contribution in [1.29, 1.82) is 0 Å². The average molecular weight is 323 g/mol. The molecule has 0 bridgehead atoms. The molecule has 0 saturated heterocycles. The molecular formula is C18H17N3OS. The van der Waals surface area contributed by atoms with Gasteiger partial charge < -0.3 is 4.90 Å². The highest BCUT2D eigenvalue weighted by Crippen LogP contribution is 2.23. The molecule has 0 aliphatic carbocycles. The van der Waals surface area contributed by atoms with Crippen molar-refractivity contribution in [3.05, 3.63) is 64.6 Å². The van der Waals surface area contributed by atoms with E-state index in [0.29, 0.717) is 5.69 Å². The molecule has 0 saturated carbocycles. The van der Waals surface area contributed by atoms with Crippen molar-refractivity contribution in [2.45, 2.75) is 13.0 Å². The number of thiophene rings is 1. The molecule has 2 heterocycles. The van der Waals surface area contributed by atoms with E-state index in [1.54, 1.807) is 34.6 Å². The van der Waals surface area contributed by atoms with Gasteiger partial charge >= 0.3 is 0 Å². The van der Waals surface area contributed by atoms with Crippen LogP contribution in [-0.4, -0.2) is 27.8 Å². The molecule has 0 N–H and O–H groups in total. The molecule has 1 unspecified atom stereocenters. The molecular weight excluding hydrogens is 306 g/mol. The second-order valence-corrected chi connectivity index (χ2v) is 6.24. The summed E-state index contributed by atoms with van der Waals surface area (Å²) in [6.07, 6.45) is 4.93. The van der Waals surface area contributed by atoms with Crippen molar-refractivity contribution in [2.24, 2.45) is 0 Å². The van der Waals surface area contributed by atoms with E-state index in [4.69, 9.17) is 0 Å². The lowest BCUT2D eigenvalue weighted by atomic mass is 10.2. The zero-order valence-electron chi connectivity index (χ0n) is 13.0. The van der Waals surface area contributed by atoms with E-state index in [2.05, 4.69) is 9.97 Å². The number of hydrogen-bond acceptors (Lipinski definition) is 4. The van der Waals surface area contributed by atoms with Crippen LogP contribution < -0.4 is 0 Å². The first kappa shape index (κ1) is 15.4. The summed E-state index contributed by atoms with van der Waals surface area (Å²) in [6.45, 7) is 2.02. The van der Waals surface area contributed by atoms with E-state index < -0.39 is 0 Å². The zero-order chi connectivity index (χ0) is 16.2. The predicted octanol–water partition coefficient (Wildman–Crippen LogP) is 3.92. The number of nitrogens with zero attached hydrogens (tertiary/aromatic N) is 3. The molecule has 116 valence electrons. The van der Waals surface area contributed by atoms with Gasteiger partial charge in [-0.05, 0) is 36.6 Å². The fourth-order valence-corrected chi connectivity index (χ4v) is 3.06. The molecule has 3 aromatic rings. The smallest absolute Gasteiger partial charge is 0.246 e. The van der Waals surface area contributed by atoms with E-state index in [-0.39, 0.29) is 11.9 Å². The van der Waals surface area contributed by atoms with Crippen LogP contribution in [0.25, 0.3) is 17.1 Å². The van der Waals surface area contributed by atoms with Crippen molar-refractivity contribution in [1.82, 2.24) is 14.9 Å². The first-order chi connectivity index (χ1) is 11.1.